The zero-order valence-corrected chi connectivity index (χ0v) is 12.7. The van der Waals surface area contributed by atoms with Crippen LogP contribution in [0.4, 0.5) is 0 Å². The van der Waals surface area contributed by atoms with Crippen LogP contribution in [-0.4, -0.2) is 22.4 Å². The van der Waals surface area contributed by atoms with Crippen LogP contribution in [0.25, 0.3) is 0 Å². The molecule has 5 heteroatoms. The summed E-state index contributed by atoms with van der Waals surface area (Å²) in [6.45, 7) is 2.72. The lowest BCUT2D eigenvalue weighted by molar-refractivity contribution is 0.0952. The first kappa shape index (κ1) is 14.5. The van der Waals surface area contributed by atoms with Crippen molar-refractivity contribution in [1.29, 1.82) is 0 Å². The molecule has 3 nitrogen and oxygen atoms in total. The molecule has 17 heavy (non-hydrogen) atoms. The summed E-state index contributed by atoms with van der Waals surface area (Å²) < 4.78 is 0.585. The number of amides is 1. The lowest BCUT2D eigenvalue weighted by Crippen LogP contribution is -2.24. The second-order valence-electron chi connectivity index (χ2n) is 3.85. The minimum Gasteiger partial charge on any atom is -0.507 e. The van der Waals surface area contributed by atoms with E-state index in [1.807, 2.05) is 0 Å². The van der Waals surface area contributed by atoms with E-state index in [1.165, 1.54) is 6.07 Å². The third-order valence-electron chi connectivity index (χ3n) is 2.27. The Balaban J connectivity index is 2.44. The lowest BCUT2D eigenvalue weighted by atomic mass is 10.2. The quantitative estimate of drug-likeness (QED) is 0.621. The van der Waals surface area contributed by atoms with E-state index in [0.29, 0.717) is 21.4 Å². The Labute approximate surface area is 118 Å². The average molecular weight is 365 g/mol. The van der Waals surface area contributed by atoms with Crippen molar-refractivity contribution in [2.24, 2.45) is 0 Å². The largest absolute Gasteiger partial charge is 0.507 e. The van der Waals surface area contributed by atoms with Crippen molar-refractivity contribution < 1.29 is 9.90 Å². The van der Waals surface area contributed by atoms with E-state index in [9.17, 15) is 9.90 Å². The van der Waals surface area contributed by atoms with Gasteiger partial charge in [-0.1, -0.05) is 22.9 Å². The first-order chi connectivity index (χ1) is 8.00. The minimum atomic E-state index is -0.157. The van der Waals surface area contributed by atoms with Crippen LogP contribution < -0.4 is 5.32 Å². The summed E-state index contributed by atoms with van der Waals surface area (Å²) in [5.41, 5.74) is 0.470. The molecule has 2 N–H and O–H groups in total. The lowest BCUT2D eigenvalue weighted by Gasteiger charge is -2.07. The van der Waals surface area contributed by atoms with Crippen LogP contribution in [0, 0.1) is 0 Å². The summed E-state index contributed by atoms with van der Waals surface area (Å²) in [6.07, 6.45) is 1.95. The molecule has 94 valence electrons. The van der Waals surface area contributed by atoms with Gasteiger partial charge in [0.1, 0.15) is 5.75 Å². The first-order valence-corrected chi connectivity index (χ1v) is 7.12. The van der Waals surface area contributed by atoms with Crippen LogP contribution >= 0.6 is 31.9 Å². The van der Waals surface area contributed by atoms with Crippen LogP contribution in [0.1, 0.15) is 30.1 Å². The number of hydrogen-bond donors (Lipinski definition) is 2. The van der Waals surface area contributed by atoms with Gasteiger partial charge in [0, 0.05) is 16.9 Å². The molecule has 0 saturated heterocycles. The highest BCUT2D eigenvalue weighted by atomic mass is 79.9. The molecule has 0 bridgehead atoms. The SMILES string of the molecule is CC(Br)CCCNC(=O)c1ccc(Br)c(O)c1. The van der Waals surface area contributed by atoms with Crippen molar-refractivity contribution in [3.05, 3.63) is 28.2 Å². The van der Waals surface area contributed by atoms with Gasteiger partial charge in [-0.05, 0) is 47.0 Å². The molecule has 0 aliphatic rings. The Kier molecular flexibility index (Phi) is 5.98. The standard InChI is InChI=1S/C12H15Br2NO2/c1-8(13)3-2-6-15-12(17)9-4-5-10(14)11(16)7-9/h4-5,7-8,16H,2-3,6H2,1H3,(H,15,17). The van der Waals surface area contributed by atoms with E-state index >= 15 is 0 Å². The molecule has 0 saturated carbocycles. The molecule has 1 rings (SSSR count). The average Bonchev–Trinajstić information content (AvgIpc) is 2.27. The highest BCUT2D eigenvalue weighted by molar-refractivity contribution is 9.10. The summed E-state index contributed by atoms with van der Waals surface area (Å²) in [7, 11) is 0. The molecule has 1 aromatic carbocycles. The molecular formula is C12H15Br2NO2. The van der Waals surface area contributed by atoms with Crippen LogP contribution in [0.5, 0.6) is 5.75 Å². The van der Waals surface area contributed by atoms with E-state index in [4.69, 9.17) is 0 Å². The Hall–Kier alpha value is -0.550. The summed E-state index contributed by atoms with van der Waals surface area (Å²) >= 11 is 6.62. The fourth-order valence-electron chi connectivity index (χ4n) is 1.34. The number of phenols is 1. The Morgan fingerprint density at radius 2 is 2.24 bits per heavy atom. The van der Waals surface area contributed by atoms with Gasteiger partial charge in [-0.15, -0.1) is 0 Å². The number of carbonyl (C=O) groups is 1. The van der Waals surface area contributed by atoms with E-state index < -0.39 is 0 Å². The molecule has 0 aromatic heterocycles. The van der Waals surface area contributed by atoms with Crippen LogP contribution in [0.15, 0.2) is 22.7 Å². The van der Waals surface area contributed by atoms with Gasteiger partial charge < -0.3 is 10.4 Å². The maximum absolute atomic E-state index is 11.7. The van der Waals surface area contributed by atoms with Gasteiger partial charge in [0.25, 0.3) is 5.91 Å². The van der Waals surface area contributed by atoms with E-state index in [0.717, 1.165) is 12.8 Å². The minimum absolute atomic E-state index is 0.0757. The summed E-state index contributed by atoms with van der Waals surface area (Å²) in [5, 5.41) is 12.3. The fraction of sp³-hybridized carbons (Fsp3) is 0.417. The number of halogens is 2. The second kappa shape index (κ2) is 7.01. The van der Waals surface area contributed by atoms with Crippen LogP contribution in [0.3, 0.4) is 0 Å². The van der Waals surface area contributed by atoms with Gasteiger partial charge in [0.05, 0.1) is 4.47 Å². The zero-order chi connectivity index (χ0) is 12.8. The number of nitrogens with one attached hydrogen (secondary N) is 1. The molecule has 0 heterocycles. The van der Waals surface area contributed by atoms with Crippen LogP contribution in [-0.2, 0) is 0 Å². The molecule has 0 aliphatic heterocycles. The highest BCUT2D eigenvalue weighted by Crippen LogP contribution is 2.24. The van der Waals surface area contributed by atoms with Crippen molar-refractivity contribution in [3.8, 4) is 5.75 Å². The van der Waals surface area contributed by atoms with E-state index in [-0.39, 0.29) is 11.7 Å². The molecule has 0 aliphatic carbocycles. The number of aromatic hydroxyl groups is 1. The second-order valence-corrected chi connectivity index (χ2v) is 6.26. The number of benzene rings is 1. The van der Waals surface area contributed by atoms with Crippen molar-refractivity contribution in [2.75, 3.05) is 6.54 Å². The molecule has 1 aromatic rings. The van der Waals surface area contributed by atoms with Gasteiger partial charge in [-0.25, -0.2) is 0 Å². The van der Waals surface area contributed by atoms with Crippen molar-refractivity contribution >= 4 is 37.8 Å². The number of carbonyl (C=O) groups excluding carboxylic acids is 1. The summed E-state index contributed by atoms with van der Waals surface area (Å²) in [4.78, 5) is 12.2. The van der Waals surface area contributed by atoms with Crippen molar-refractivity contribution in [2.45, 2.75) is 24.6 Å². The monoisotopic (exact) mass is 363 g/mol. The fourth-order valence-corrected chi connectivity index (χ4v) is 1.91. The number of hydrogen-bond acceptors (Lipinski definition) is 2. The zero-order valence-electron chi connectivity index (χ0n) is 9.54. The van der Waals surface area contributed by atoms with E-state index in [2.05, 4.69) is 44.1 Å². The first-order valence-electron chi connectivity index (χ1n) is 5.41. The van der Waals surface area contributed by atoms with Gasteiger partial charge in [0.2, 0.25) is 0 Å². The smallest absolute Gasteiger partial charge is 0.251 e. The maximum atomic E-state index is 11.7. The predicted molar refractivity (Wildman–Crippen MR) is 75.8 cm³/mol. The number of phenolic OH excluding ortho intramolecular Hbond substituents is 1. The van der Waals surface area contributed by atoms with Gasteiger partial charge in [-0.2, -0.15) is 0 Å². The summed E-state index contributed by atoms with van der Waals surface area (Å²) in [5.74, 6) is -0.0817. The third kappa shape index (κ3) is 5.08. The number of rotatable bonds is 5. The molecule has 1 unspecified atom stereocenters. The maximum Gasteiger partial charge on any atom is 0.251 e. The molecule has 1 atom stereocenters. The molecule has 0 fully saturated rings. The molecular weight excluding hydrogens is 350 g/mol. The third-order valence-corrected chi connectivity index (χ3v) is 3.40. The van der Waals surface area contributed by atoms with Crippen molar-refractivity contribution in [3.63, 3.8) is 0 Å². The Morgan fingerprint density at radius 3 is 2.82 bits per heavy atom. The number of alkyl halides is 1. The highest BCUT2D eigenvalue weighted by Gasteiger charge is 2.07. The predicted octanol–water partition coefficient (Wildman–Crippen LogP) is 3.45. The Bertz CT molecular complexity index is 394. The Morgan fingerprint density at radius 1 is 1.53 bits per heavy atom. The van der Waals surface area contributed by atoms with Gasteiger partial charge in [-0.3, -0.25) is 4.79 Å². The molecule has 0 radical (unpaired) electrons. The molecule has 1 amide bonds. The van der Waals surface area contributed by atoms with Crippen molar-refractivity contribution in [1.82, 2.24) is 5.32 Å². The normalized spacial score (nSPS) is 12.2. The van der Waals surface area contributed by atoms with E-state index in [1.54, 1.807) is 12.1 Å². The molecule has 0 spiro atoms. The summed E-state index contributed by atoms with van der Waals surface area (Å²) in [6, 6.07) is 4.78. The van der Waals surface area contributed by atoms with Gasteiger partial charge in [0.15, 0.2) is 0 Å². The topological polar surface area (TPSA) is 49.3 Å². The van der Waals surface area contributed by atoms with Gasteiger partial charge >= 0.3 is 0 Å². The van der Waals surface area contributed by atoms with Crippen LogP contribution in [0.2, 0.25) is 0 Å².